The van der Waals surface area contributed by atoms with Gasteiger partial charge in [-0.25, -0.2) is 4.98 Å². The van der Waals surface area contributed by atoms with Gasteiger partial charge in [0, 0.05) is 4.88 Å². The molecule has 0 bridgehead atoms. The van der Waals surface area contributed by atoms with Crippen LogP contribution in [0.15, 0.2) is 63.1 Å². The number of amides is 2. The lowest BCUT2D eigenvalue weighted by Gasteiger charge is -2.17. The summed E-state index contributed by atoms with van der Waals surface area (Å²) in [6.07, 6.45) is 4.28. The summed E-state index contributed by atoms with van der Waals surface area (Å²) in [6, 6.07) is 12.4. The van der Waals surface area contributed by atoms with Crippen molar-refractivity contribution >= 4 is 45.1 Å². The minimum Gasteiger partial charge on any atom is -0.459 e. The van der Waals surface area contributed by atoms with Crippen LogP contribution < -0.4 is 16.4 Å². The van der Waals surface area contributed by atoms with Crippen molar-refractivity contribution in [2.75, 3.05) is 5.75 Å². The number of carbonyl (C=O) groups is 2. The van der Waals surface area contributed by atoms with E-state index in [-0.39, 0.29) is 17.1 Å². The Balaban J connectivity index is 1.43. The molecule has 1 aliphatic carbocycles. The van der Waals surface area contributed by atoms with Crippen molar-refractivity contribution in [1.82, 2.24) is 20.4 Å². The molecule has 0 radical (unpaired) electrons. The average Bonchev–Trinajstić information content (AvgIpc) is 3.49. The fourth-order valence-corrected chi connectivity index (χ4v) is 6.27. The number of rotatable bonds is 5. The van der Waals surface area contributed by atoms with Crippen LogP contribution in [0.5, 0.6) is 0 Å². The van der Waals surface area contributed by atoms with Crippen molar-refractivity contribution in [2.24, 2.45) is 5.92 Å². The molecule has 1 atom stereocenters. The second-order valence-corrected chi connectivity index (χ2v) is 10.2. The summed E-state index contributed by atoms with van der Waals surface area (Å²) in [5.74, 6) is -0.342. The Morgan fingerprint density at radius 3 is 2.79 bits per heavy atom. The number of hydrogen-bond donors (Lipinski definition) is 2. The molecule has 0 aliphatic heterocycles. The number of hydrogen-bond acceptors (Lipinski definition) is 7. The number of para-hydroxylation sites is 1. The van der Waals surface area contributed by atoms with Crippen molar-refractivity contribution in [1.29, 1.82) is 0 Å². The number of nitrogens with one attached hydrogen (secondary N) is 2. The predicted octanol–water partition coefficient (Wildman–Crippen LogP) is 3.72. The Labute approximate surface area is 203 Å². The number of aryl methyl sites for hydroxylation is 1. The van der Waals surface area contributed by atoms with Gasteiger partial charge in [0.25, 0.3) is 5.56 Å². The third-order valence-corrected chi connectivity index (χ3v) is 7.79. The van der Waals surface area contributed by atoms with Gasteiger partial charge in [-0.1, -0.05) is 36.9 Å². The van der Waals surface area contributed by atoms with Gasteiger partial charge in [-0.05, 0) is 55.0 Å². The van der Waals surface area contributed by atoms with Crippen molar-refractivity contribution in [3.05, 3.63) is 75.3 Å². The molecule has 5 rings (SSSR count). The smallest absolute Gasteiger partial charge is 0.305 e. The lowest BCUT2D eigenvalue weighted by Crippen LogP contribution is -2.42. The number of fused-ring (bicyclic) bond motifs is 3. The maximum atomic E-state index is 13.7. The second-order valence-electron chi connectivity index (χ2n) is 8.17. The highest BCUT2D eigenvalue weighted by atomic mass is 32.2. The van der Waals surface area contributed by atoms with Crippen LogP contribution in [-0.2, 0) is 17.6 Å². The average molecular weight is 495 g/mol. The molecule has 0 spiro atoms. The Hall–Kier alpha value is -3.37. The molecule has 3 heterocycles. The standard InChI is InChI=1S/C24H22N4O4S2/c1-14-9-10-16-18(12-14)34-22-20(16)23(31)28(15-6-3-2-4-7-15)24(25-22)33-13-19(29)26-27-21(30)17-8-5-11-32-17/h2-8,11,14H,9-10,12-13H2,1H3,(H,26,29)(H,27,30). The SMILES string of the molecule is CC1CCc2c(sc3nc(SCC(=O)NNC(=O)c4ccco4)n(-c4ccccc4)c(=O)c23)C1. The van der Waals surface area contributed by atoms with Gasteiger partial charge in [0.2, 0.25) is 5.91 Å². The zero-order valence-electron chi connectivity index (χ0n) is 18.4. The quantitative estimate of drug-likeness (QED) is 0.249. The van der Waals surface area contributed by atoms with E-state index >= 15 is 0 Å². The lowest BCUT2D eigenvalue weighted by molar-refractivity contribution is -0.119. The molecule has 34 heavy (non-hydrogen) atoms. The van der Waals surface area contributed by atoms with E-state index in [1.54, 1.807) is 22.0 Å². The number of furan rings is 1. The van der Waals surface area contributed by atoms with Crippen LogP contribution in [0.2, 0.25) is 0 Å². The third kappa shape index (κ3) is 4.38. The number of benzene rings is 1. The molecule has 1 aromatic carbocycles. The molecule has 0 fully saturated rings. The van der Waals surface area contributed by atoms with E-state index in [1.165, 1.54) is 17.2 Å². The molecule has 1 unspecified atom stereocenters. The number of hydrazine groups is 1. The summed E-state index contributed by atoms with van der Waals surface area (Å²) in [5.41, 5.74) is 6.38. The van der Waals surface area contributed by atoms with E-state index in [1.807, 2.05) is 30.3 Å². The highest BCUT2D eigenvalue weighted by molar-refractivity contribution is 7.99. The first-order chi connectivity index (χ1) is 16.5. The Morgan fingerprint density at radius 2 is 2.03 bits per heavy atom. The highest BCUT2D eigenvalue weighted by Crippen LogP contribution is 2.36. The Kier molecular flexibility index (Phi) is 6.25. The first-order valence-electron chi connectivity index (χ1n) is 10.9. The Bertz CT molecular complexity index is 1410. The molecule has 4 aromatic rings. The van der Waals surface area contributed by atoms with Gasteiger partial charge in [0.05, 0.1) is 23.1 Å². The van der Waals surface area contributed by atoms with Crippen LogP contribution in [0.3, 0.4) is 0 Å². The Morgan fingerprint density at radius 1 is 1.21 bits per heavy atom. The maximum absolute atomic E-state index is 13.7. The van der Waals surface area contributed by atoms with Crippen molar-refractivity contribution in [3.8, 4) is 5.69 Å². The van der Waals surface area contributed by atoms with Gasteiger partial charge in [0.15, 0.2) is 10.9 Å². The van der Waals surface area contributed by atoms with Crippen LogP contribution in [0, 0.1) is 5.92 Å². The van der Waals surface area contributed by atoms with Crippen LogP contribution in [0.1, 0.15) is 34.3 Å². The van der Waals surface area contributed by atoms with E-state index < -0.39 is 11.8 Å². The fourth-order valence-electron chi connectivity index (χ4n) is 4.03. The largest absolute Gasteiger partial charge is 0.459 e. The molecule has 8 nitrogen and oxygen atoms in total. The molecule has 3 aromatic heterocycles. The van der Waals surface area contributed by atoms with Crippen LogP contribution in [0.25, 0.3) is 15.9 Å². The highest BCUT2D eigenvalue weighted by Gasteiger charge is 2.25. The second kappa shape index (κ2) is 9.47. The summed E-state index contributed by atoms with van der Waals surface area (Å²) in [4.78, 5) is 44.8. The van der Waals surface area contributed by atoms with Crippen molar-refractivity contribution in [2.45, 2.75) is 31.3 Å². The van der Waals surface area contributed by atoms with Gasteiger partial charge in [-0.3, -0.25) is 29.8 Å². The number of aromatic nitrogens is 2. The number of thioether (sulfide) groups is 1. The molecule has 0 saturated carbocycles. The van der Waals surface area contributed by atoms with Crippen molar-refractivity contribution in [3.63, 3.8) is 0 Å². The number of carbonyl (C=O) groups excluding carboxylic acids is 2. The van der Waals surface area contributed by atoms with Crippen LogP contribution >= 0.6 is 23.1 Å². The summed E-state index contributed by atoms with van der Waals surface area (Å²) < 4.78 is 6.58. The number of nitrogens with zero attached hydrogens (tertiary/aromatic N) is 2. The van der Waals surface area contributed by atoms with Crippen LogP contribution in [-0.4, -0.2) is 27.1 Å². The molecule has 174 valence electrons. The molecule has 0 saturated heterocycles. The zero-order valence-corrected chi connectivity index (χ0v) is 20.0. The van der Waals surface area contributed by atoms with E-state index in [0.717, 1.165) is 36.6 Å². The summed E-state index contributed by atoms with van der Waals surface area (Å²) in [6.45, 7) is 2.23. The fraction of sp³-hybridized carbons (Fsp3) is 0.250. The molecule has 2 N–H and O–H groups in total. The molecule has 2 amide bonds. The molecule has 10 heteroatoms. The molecular weight excluding hydrogens is 472 g/mol. The van der Waals surface area contributed by atoms with Gasteiger partial charge in [-0.15, -0.1) is 11.3 Å². The summed E-state index contributed by atoms with van der Waals surface area (Å²) >= 11 is 2.72. The third-order valence-electron chi connectivity index (χ3n) is 5.71. The zero-order chi connectivity index (χ0) is 23.7. The van der Waals surface area contributed by atoms with Gasteiger partial charge in [0.1, 0.15) is 4.83 Å². The first kappa shape index (κ1) is 22.4. The van der Waals surface area contributed by atoms with Gasteiger partial charge < -0.3 is 4.42 Å². The summed E-state index contributed by atoms with van der Waals surface area (Å²) in [7, 11) is 0. The van der Waals surface area contributed by atoms with E-state index in [0.29, 0.717) is 27.0 Å². The summed E-state index contributed by atoms with van der Waals surface area (Å²) in [5, 5.41) is 1.12. The van der Waals surface area contributed by atoms with Gasteiger partial charge >= 0.3 is 5.91 Å². The normalized spacial score (nSPS) is 15.1. The van der Waals surface area contributed by atoms with Gasteiger partial charge in [-0.2, -0.15) is 0 Å². The lowest BCUT2D eigenvalue weighted by atomic mass is 9.89. The monoisotopic (exact) mass is 494 g/mol. The molecule has 1 aliphatic rings. The van der Waals surface area contributed by atoms with E-state index in [9.17, 15) is 14.4 Å². The predicted molar refractivity (Wildman–Crippen MR) is 131 cm³/mol. The topological polar surface area (TPSA) is 106 Å². The van der Waals surface area contributed by atoms with Crippen LogP contribution in [0.4, 0.5) is 0 Å². The minimum atomic E-state index is -0.553. The van der Waals surface area contributed by atoms with E-state index in [4.69, 9.17) is 9.40 Å². The molecular formula is C24H22N4O4S2. The minimum absolute atomic E-state index is 0.0364. The number of thiophene rings is 1. The van der Waals surface area contributed by atoms with Crippen molar-refractivity contribution < 1.29 is 14.0 Å². The maximum Gasteiger partial charge on any atom is 0.305 e. The van der Waals surface area contributed by atoms with E-state index in [2.05, 4.69) is 17.8 Å². The first-order valence-corrected chi connectivity index (χ1v) is 12.7.